The summed E-state index contributed by atoms with van der Waals surface area (Å²) in [7, 11) is 1.94. The van der Waals surface area contributed by atoms with E-state index in [9.17, 15) is 9.59 Å². The molecule has 3 fully saturated rings. The smallest absolute Gasteiger partial charge is 0.259 e. The molecule has 1 atom stereocenters. The molecule has 3 aliphatic heterocycles. The normalized spacial score (nSPS) is 24.1. The van der Waals surface area contributed by atoms with E-state index in [4.69, 9.17) is 0 Å². The van der Waals surface area contributed by atoms with Gasteiger partial charge in [0.1, 0.15) is 11.2 Å². The highest BCUT2D eigenvalue weighted by Crippen LogP contribution is 2.27. The third-order valence-electron chi connectivity index (χ3n) is 7.25. The van der Waals surface area contributed by atoms with Gasteiger partial charge in [-0.2, -0.15) is 5.10 Å². The number of rotatable bonds is 3. The summed E-state index contributed by atoms with van der Waals surface area (Å²) < 4.78 is 3.70. The van der Waals surface area contributed by atoms with Crippen LogP contribution in [0.3, 0.4) is 0 Å². The highest BCUT2D eigenvalue weighted by Gasteiger charge is 2.35. The zero-order chi connectivity index (χ0) is 20.7. The lowest BCUT2D eigenvalue weighted by Crippen LogP contribution is -2.51. The van der Waals surface area contributed by atoms with Crippen LogP contribution in [-0.2, 0) is 11.8 Å². The van der Waals surface area contributed by atoms with Crippen molar-refractivity contribution in [2.24, 2.45) is 13.0 Å². The first-order valence-electron chi connectivity index (χ1n) is 11.4. The van der Waals surface area contributed by atoms with Crippen molar-refractivity contribution in [3.63, 3.8) is 0 Å². The van der Waals surface area contributed by atoms with Gasteiger partial charge in [0, 0.05) is 58.2 Å². The van der Waals surface area contributed by atoms with Crippen LogP contribution in [0.2, 0.25) is 0 Å². The average Bonchev–Trinajstić information content (AvgIpc) is 3.53. The highest BCUT2D eigenvalue weighted by molar-refractivity contribution is 5.99. The van der Waals surface area contributed by atoms with Crippen molar-refractivity contribution in [1.82, 2.24) is 28.9 Å². The van der Waals surface area contributed by atoms with Crippen LogP contribution in [0, 0.1) is 5.92 Å². The number of aromatic nitrogens is 3. The van der Waals surface area contributed by atoms with Crippen LogP contribution in [0.5, 0.6) is 0 Å². The summed E-state index contributed by atoms with van der Waals surface area (Å²) in [5, 5.41) is 4.31. The van der Waals surface area contributed by atoms with Crippen molar-refractivity contribution < 1.29 is 9.59 Å². The topological polar surface area (TPSA) is 66.1 Å². The molecule has 0 radical (unpaired) electrons. The largest absolute Gasteiger partial charge is 0.342 e. The van der Waals surface area contributed by atoms with Gasteiger partial charge < -0.3 is 14.4 Å². The standard InChI is InChI=1S/C22H32N6O2/c1-24-13-14-28-20(24)19(15-23-28)22(30)26-11-6-18(7-12-26)27-10-4-5-17(16-27)21(29)25-8-2-3-9-25/h13-15,17-18H,2-12,16H2,1H3/t17-/m0/s1. The number of amides is 2. The Bertz CT molecular complexity index is 919. The molecule has 0 aliphatic carbocycles. The summed E-state index contributed by atoms with van der Waals surface area (Å²) in [6, 6.07) is 0.477. The third kappa shape index (κ3) is 3.51. The highest BCUT2D eigenvalue weighted by atomic mass is 16.2. The Hall–Kier alpha value is -2.35. The maximum Gasteiger partial charge on any atom is 0.259 e. The molecule has 0 spiro atoms. The second-order valence-corrected chi connectivity index (χ2v) is 9.13. The average molecular weight is 413 g/mol. The number of carbonyl (C=O) groups is 2. The van der Waals surface area contributed by atoms with E-state index in [2.05, 4.69) is 14.9 Å². The minimum Gasteiger partial charge on any atom is -0.342 e. The number of hydrogen-bond acceptors (Lipinski definition) is 4. The molecule has 8 heteroatoms. The van der Waals surface area contributed by atoms with Crippen LogP contribution >= 0.6 is 0 Å². The number of hydrogen-bond donors (Lipinski definition) is 0. The molecule has 2 aromatic heterocycles. The Morgan fingerprint density at radius 1 is 0.933 bits per heavy atom. The zero-order valence-corrected chi connectivity index (χ0v) is 17.9. The molecule has 30 heavy (non-hydrogen) atoms. The molecule has 0 unspecified atom stereocenters. The summed E-state index contributed by atoms with van der Waals surface area (Å²) in [5.41, 5.74) is 1.52. The molecule has 162 valence electrons. The Morgan fingerprint density at radius 2 is 1.70 bits per heavy atom. The Kier molecular flexibility index (Phi) is 5.26. The summed E-state index contributed by atoms with van der Waals surface area (Å²) in [6.07, 6.45) is 11.9. The number of likely N-dealkylation sites (tertiary alicyclic amines) is 3. The molecule has 5 heterocycles. The van der Waals surface area contributed by atoms with Gasteiger partial charge in [0.05, 0.1) is 12.1 Å². The predicted octanol–water partition coefficient (Wildman–Crippen LogP) is 1.61. The summed E-state index contributed by atoms with van der Waals surface area (Å²) in [6.45, 7) is 5.40. The van der Waals surface area contributed by atoms with Crippen molar-refractivity contribution in [3.8, 4) is 0 Å². The van der Waals surface area contributed by atoms with Crippen molar-refractivity contribution in [3.05, 3.63) is 24.2 Å². The minimum atomic E-state index is 0.0750. The van der Waals surface area contributed by atoms with E-state index in [-0.39, 0.29) is 11.8 Å². The van der Waals surface area contributed by atoms with Crippen molar-refractivity contribution in [1.29, 1.82) is 0 Å². The molecular weight excluding hydrogens is 380 g/mol. The van der Waals surface area contributed by atoms with Crippen LogP contribution in [-0.4, -0.2) is 86.0 Å². The van der Waals surface area contributed by atoms with E-state index in [1.54, 1.807) is 10.7 Å². The van der Waals surface area contributed by atoms with Crippen molar-refractivity contribution in [2.45, 2.75) is 44.6 Å². The number of aryl methyl sites for hydroxylation is 1. The van der Waals surface area contributed by atoms with Crippen LogP contribution < -0.4 is 0 Å². The fourth-order valence-corrected chi connectivity index (χ4v) is 5.54. The van der Waals surface area contributed by atoms with E-state index in [0.717, 1.165) is 83.4 Å². The van der Waals surface area contributed by atoms with E-state index in [0.29, 0.717) is 17.5 Å². The van der Waals surface area contributed by atoms with Gasteiger partial charge in [-0.1, -0.05) is 0 Å². The first-order valence-corrected chi connectivity index (χ1v) is 11.4. The third-order valence-corrected chi connectivity index (χ3v) is 7.25. The first kappa shape index (κ1) is 19.6. The summed E-state index contributed by atoms with van der Waals surface area (Å²) in [4.78, 5) is 32.5. The zero-order valence-electron chi connectivity index (χ0n) is 17.9. The minimum absolute atomic E-state index is 0.0750. The number of piperidine rings is 2. The van der Waals surface area contributed by atoms with Gasteiger partial charge in [0.15, 0.2) is 0 Å². The Labute approximate surface area is 177 Å². The lowest BCUT2D eigenvalue weighted by atomic mass is 9.93. The van der Waals surface area contributed by atoms with Gasteiger partial charge in [-0.15, -0.1) is 0 Å². The van der Waals surface area contributed by atoms with Crippen LogP contribution in [0.15, 0.2) is 18.6 Å². The van der Waals surface area contributed by atoms with E-state index in [1.165, 1.54) is 0 Å². The summed E-state index contributed by atoms with van der Waals surface area (Å²) >= 11 is 0. The van der Waals surface area contributed by atoms with Gasteiger partial charge in [0.25, 0.3) is 5.91 Å². The van der Waals surface area contributed by atoms with Crippen LogP contribution in [0.4, 0.5) is 0 Å². The molecule has 0 saturated carbocycles. The molecule has 0 N–H and O–H groups in total. The first-order chi connectivity index (χ1) is 14.6. The van der Waals surface area contributed by atoms with E-state index in [1.807, 2.05) is 28.9 Å². The predicted molar refractivity (Wildman–Crippen MR) is 113 cm³/mol. The number of carbonyl (C=O) groups excluding carboxylic acids is 2. The Balaban J connectivity index is 1.19. The van der Waals surface area contributed by atoms with E-state index >= 15 is 0 Å². The van der Waals surface area contributed by atoms with E-state index < -0.39 is 0 Å². The van der Waals surface area contributed by atoms with Crippen LogP contribution in [0.25, 0.3) is 5.65 Å². The SMILES string of the molecule is Cn1ccn2ncc(C(=O)N3CCC(N4CCC[C@H](C(=O)N5CCCC5)C4)CC3)c12. The molecule has 0 aromatic carbocycles. The molecule has 2 amide bonds. The maximum atomic E-state index is 13.1. The van der Waals surface area contributed by atoms with Crippen molar-refractivity contribution >= 4 is 17.5 Å². The lowest BCUT2D eigenvalue weighted by Gasteiger charge is -2.42. The summed E-state index contributed by atoms with van der Waals surface area (Å²) in [5.74, 6) is 0.609. The molecule has 8 nitrogen and oxygen atoms in total. The van der Waals surface area contributed by atoms with Crippen LogP contribution in [0.1, 0.15) is 48.9 Å². The van der Waals surface area contributed by atoms with Gasteiger partial charge in [-0.3, -0.25) is 14.5 Å². The second kappa shape index (κ2) is 8.06. The van der Waals surface area contributed by atoms with Gasteiger partial charge >= 0.3 is 0 Å². The number of imidazole rings is 1. The van der Waals surface area contributed by atoms with Gasteiger partial charge in [-0.05, 0) is 45.1 Å². The Morgan fingerprint density at radius 3 is 2.47 bits per heavy atom. The fraction of sp³-hybridized carbons (Fsp3) is 0.682. The molecule has 0 bridgehead atoms. The van der Waals surface area contributed by atoms with Crippen molar-refractivity contribution in [2.75, 3.05) is 39.3 Å². The molecule has 5 rings (SSSR count). The van der Waals surface area contributed by atoms with Gasteiger partial charge in [-0.25, -0.2) is 4.52 Å². The van der Waals surface area contributed by atoms with Gasteiger partial charge in [0.2, 0.25) is 5.91 Å². The lowest BCUT2D eigenvalue weighted by molar-refractivity contribution is -0.136. The molecule has 3 saturated heterocycles. The second-order valence-electron chi connectivity index (χ2n) is 9.13. The monoisotopic (exact) mass is 412 g/mol. The molecular formula is C22H32N6O2. The fourth-order valence-electron chi connectivity index (χ4n) is 5.54. The number of fused-ring (bicyclic) bond motifs is 1. The molecule has 3 aliphatic rings. The maximum absolute atomic E-state index is 13.1. The number of nitrogens with zero attached hydrogens (tertiary/aromatic N) is 6. The molecule has 2 aromatic rings. The quantitative estimate of drug-likeness (QED) is 0.768.